The number of aromatic nitrogens is 1. The molecule has 0 bridgehead atoms. The summed E-state index contributed by atoms with van der Waals surface area (Å²) in [5.41, 5.74) is 24.9. The van der Waals surface area contributed by atoms with Crippen LogP contribution >= 0.6 is 0 Å². The van der Waals surface area contributed by atoms with Crippen molar-refractivity contribution < 1.29 is 0 Å². The van der Waals surface area contributed by atoms with E-state index in [1.165, 1.54) is 94.1 Å². The van der Waals surface area contributed by atoms with Gasteiger partial charge < -0.3 is 9.80 Å². The normalized spacial score (nSPS) is 13.8. The van der Waals surface area contributed by atoms with Gasteiger partial charge in [0, 0.05) is 45.3 Å². The minimum absolute atomic E-state index is 0.00884. The lowest BCUT2D eigenvalue weighted by Crippen LogP contribution is -2.61. The van der Waals surface area contributed by atoms with Gasteiger partial charge in [0.05, 0.1) is 11.4 Å². The first-order valence-electron chi connectivity index (χ1n) is 30.3. The van der Waals surface area contributed by atoms with Gasteiger partial charge in [0.25, 0.3) is 6.71 Å². The Hall–Kier alpha value is -7.69. The van der Waals surface area contributed by atoms with Gasteiger partial charge in [-0.15, -0.1) is 0 Å². The Bertz CT molecular complexity index is 3860. The molecule has 1 aromatic heterocycles. The predicted octanol–water partition coefficient (Wildman–Crippen LogP) is 20.3. The molecule has 0 saturated heterocycles. The minimum Gasteiger partial charge on any atom is -0.311 e. The standard InChI is InChI=1S/C79H84BN3/c1-74(2,3)57-27-31-63(32-28-57)82-69-43-51-25-21-19-23-49(51)39-65(69)80-66-40-50-24-20-22-26-52(50)44-70(66)83(64-33-29-58(30-34-64)75(4,5)6)72-46-54(45-71(82)73(72)80)53-41-67(55-35-59(76(7,8)9)47-60(36-55)77(10,11)12)81-68(42-53)56-37-61(78(13,14)15)48-62(38-56)79(16,17)18/h19-48H,1-18H3. The zero-order valence-electron chi connectivity index (χ0n) is 52.7. The average molecular weight is 1090 g/mol. The molecule has 2 aliphatic rings. The van der Waals surface area contributed by atoms with Crippen LogP contribution in [0.2, 0.25) is 0 Å². The lowest BCUT2D eigenvalue weighted by molar-refractivity contribution is 0.568. The van der Waals surface area contributed by atoms with Crippen molar-refractivity contribution in [1.82, 2.24) is 4.98 Å². The molecule has 0 amide bonds. The first kappa shape index (κ1) is 55.8. The SMILES string of the molecule is CC(C)(C)c1ccc(N2c3cc4ccccc4cc3B3c4cc5ccccc5cc4N(c4ccc(C(C)(C)C)cc4)c4cc(-c5cc(-c6cc(C(C)(C)C)cc(C(C)(C)C)c6)nc(-c6cc(C(C)(C)C)cc(C(C)(C)C)c6)c5)cc2c43)cc1. The zero-order valence-corrected chi connectivity index (χ0v) is 52.7. The van der Waals surface area contributed by atoms with E-state index < -0.39 is 0 Å². The maximum absolute atomic E-state index is 5.82. The smallest absolute Gasteiger partial charge is 0.252 e. The van der Waals surface area contributed by atoms with E-state index in [9.17, 15) is 0 Å². The summed E-state index contributed by atoms with van der Waals surface area (Å²) in [6, 6.07) is 70.9. The highest BCUT2D eigenvalue weighted by Crippen LogP contribution is 2.49. The van der Waals surface area contributed by atoms with E-state index in [0.717, 1.165) is 45.0 Å². The van der Waals surface area contributed by atoms with Gasteiger partial charge in [-0.25, -0.2) is 4.98 Å². The molecule has 83 heavy (non-hydrogen) atoms. The molecule has 418 valence electrons. The number of hydrogen-bond donors (Lipinski definition) is 0. The molecular weight excluding hydrogens is 1000 g/mol. The maximum atomic E-state index is 5.82. The lowest BCUT2D eigenvalue weighted by atomic mass is 9.33. The van der Waals surface area contributed by atoms with E-state index in [2.05, 4.69) is 316 Å². The number of pyridine rings is 1. The first-order valence-corrected chi connectivity index (χ1v) is 30.3. The van der Waals surface area contributed by atoms with Crippen molar-refractivity contribution in [3.63, 3.8) is 0 Å². The highest BCUT2D eigenvalue weighted by atomic mass is 15.2. The van der Waals surface area contributed by atoms with Crippen molar-refractivity contribution in [3.05, 3.63) is 215 Å². The molecule has 3 nitrogen and oxygen atoms in total. The Labute approximate surface area is 497 Å². The summed E-state index contributed by atoms with van der Waals surface area (Å²) in [6.07, 6.45) is 0. The van der Waals surface area contributed by atoms with E-state index in [4.69, 9.17) is 4.98 Å². The number of anilines is 6. The second-order valence-corrected chi connectivity index (χ2v) is 30.4. The molecule has 10 aromatic rings. The molecule has 9 aromatic carbocycles. The van der Waals surface area contributed by atoms with Gasteiger partial charge in [-0.1, -0.05) is 222 Å². The van der Waals surface area contributed by atoms with Gasteiger partial charge in [-0.3, -0.25) is 0 Å². The van der Waals surface area contributed by atoms with Crippen LogP contribution in [0.1, 0.15) is 158 Å². The summed E-state index contributed by atoms with van der Waals surface area (Å²) in [5, 5.41) is 4.93. The van der Waals surface area contributed by atoms with Crippen LogP contribution in [0.4, 0.5) is 34.1 Å². The fourth-order valence-electron chi connectivity index (χ4n) is 12.6. The molecule has 12 rings (SSSR count). The highest BCUT2D eigenvalue weighted by Gasteiger charge is 2.44. The Morgan fingerprint density at radius 1 is 0.277 bits per heavy atom. The summed E-state index contributed by atoms with van der Waals surface area (Å²) in [7, 11) is 0. The Morgan fingerprint density at radius 3 is 0.892 bits per heavy atom. The molecule has 0 saturated carbocycles. The maximum Gasteiger partial charge on any atom is 0.252 e. The number of hydrogen-bond acceptors (Lipinski definition) is 3. The van der Waals surface area contributed by atoms with Crippen LogP contribution in [0.3, 0.4) is 0 Å². The van der Waals surface area contributed by atoms with E-state index in [1.54, 1.807) is 0 Å². The molecule has 0 N–H and O–H groups in total. The van der Waals surface area contributed by atoms with E-state index in [1.807, 2.05) is 0 Å². The summed E-state index contributed by atoms with van der Waals surface area (Å²) in [5.74, 6) is 0. The van der Waals surface area contributed by atoms with Gasteiger partial charge in [0.1, 0.15) is 0 Å². The number of fused-ring (bicyclic) bond motifs is 6. The van der Waals surface area contributed by atoms with Gasteiger partial charge in [-0.2, -0.15) is 0 Å². The molecule has 2 aliphatic heterocycles. The van der Waals surface area contributed by atoms with Crippen molar-refractivity contribution in [1.29, 1.82) is 0 Å². The van der Waals surface area contributed by atoms with Crippen LogP contribution in [-0.2, 0) is 32.5 Å². The number of rotatable bonds is 5. The number of benzene rings is 9. The number of nitrogens with zero attached hydrogens (tertiary/aromatic N) is 3. The van der Waals surface area contributed by atoms with Crippen LogP contribution < -0.4 is 26.2 Å². The second kappa shape index (κ2) is 19.4. The summed E-state index contributed by atoms with van der Waals surface area (Å²) < 4.78 is 0. The molecule has 0 fully saturated rings. The van der Waals surface area contributed by atoms with Crippen LogP contribution in [0.15, 0.2) is 182 Å². The Balaban J connectivity index is 1.23. The van der Waals surface area contributed by atoms with E-state index >= 15 is 0 Å². The average Bonchev–Trinajstić information content (AvgIpc) is 2.11. The largest absolute Gasteiger partial charge is 0.311 e. The topological polar surface area (TPSA) is 19.4 Å². The molecule has 0 atom stereocenters. The monoisotopic (exact) mass is 1090 g/mol. The zero-order chi connectivity index (χ0) is 59.1. The van der Waals surface area contributed by atoms with Crippen molar-refractivity contribution in [3.8, 4) is 33.6 Å². The molecule has 0 spiro atoms. The van der Waals surface area contributed by atoms with Crippen LogP contribution in [0.25, 0.3) is 55.2 Å². The third kappa shape index (κ3) is 10.3. The van der Waals surface area contributed by atoms with Gasteiger partial charge in [0.15, 0.2) is 0 Å². The quantitative estimate of drug-likeness (QED) is 0.160. The molecule has 3 heterocycles. The van der Waals surface area contributed by atoms with Gasteiger partial charge >= 0.3 is 0 Å². The molecule has 4 heteroatoms. The van der Waals surface area contributed by atoms with Crippen molar-refractivity contribution in [2.45, 2.75) is 157 Å². The minimum atomic E-state index is -0.0802. The van der Waals surface area contributed by atoms with Crippen molar-refractivity contribution in [2.75, 3.05) is 9.80 Å². The van der Waals surface area contributed by atoms with Crippen LogP contribution in [0, 0.1) is 0 Å². The summed E-state index contributed by atoms with van der Waals surface area (Å²) >= 11 is 0. The summed E-state index contributed by atoms with van der Waals surface area (Å²) in [6.45, 7) is 41.8. The molecule has 0 unspecified atom stereocenters. The first-order chi connectivity index (χ1) is 38.9. The second-order valence-electron chi connectivity index (χ2n) is 30.4. The predicted molar refractivity (Wildman–Crippen MR) is 362 cm³/mol. The molecular formula is C79H84BN3. The van der Waals surface area contributed by atoms with Crippen LogP contribution in [0.5, 0.6) is 0 Å². The van der Waals surface area contributed by atoms with Crippen LogP contribution in [-0.4, -0.2) is 11.7 Å². The van der Waals surface area contributed by atoms with E-state index in [0.29, 0.717) is 0 Å². The van der Waals surface area contributed by atoms with Crippen molar-refractivity contribution in [2.24, 2.45) is 0 Å². The highest BCUT2D eigenvalue weighted by molar-refractivity contribution is 7.00. The fraction of sp³-hybridized carbons (Fsp3) is 0.304. The fourth-order valence-corrected chi connectivity index (χ4v) is 12.6. The van der Waals surface area contributed by atoms with Crippen molar-refractivity contribution >= 4 is 78.8 Å². The molecule has 0 aliphatic carbocycles. The summed E-state index contributed by atoms with van der Waals surface area (Å²) in [4.78, 5) is 11.0. The third-order valence-electron chi connectivity index (χ3n) is 17.9. The lowest BCUT2D eigenvalue weighted by Gasteiger charge is -2.45. The Morgan fingerprint density at radius 2 is 0.578 bits per heavy atom. The van der Waals surface area contributed by atoms with Gasteiger partial charge in [0.2, 0.25) is 0 Å². The Kier molecular flexibility index (Phi) is 13.1. The van der Waals surface area contributed by atoms with Gasteiger partial charge in [-0.05, 0) is 200 Å². The molecule has 0 radical (unpaired) electrons. The third-order valence-corrected chi connectivity index (χ3v) is 17.9. The van der Waals surface area contributed by atoms with E-state index in [-0.39, 0.29) is 39.2 Å².